The molecule has 5 nitrogen and oxygen atoms in total. The molecule has 2 fully saturated rings. The predicted molar refractivity (Wildman–Crippen MR) is 78.5 cm³/mol. The minimum absolute atomic E-state index is 0.0926. The molecule has 1 aromatic carbocycles. The summed E-state index contributed by atoms with van der Waals surface area (Å²) in [6.45, 7) is 3.58. The van der Waals surface area contributed by atoms with E-state index in [0.717, 1.165) is 25.9 Å². The maximum atomic E-state index is 12.7. The van der Waals surface area contributed by atoms with Crippen LogP contribution in [0.15, 0.2) is 24.3 Å². The van der Waals surface area contributed by atoms with Gasteiger partial charge < -0.3 is 10.0 Å². The molecule has 2 saturated heterocycles. The Kier molecular flexibility index (Phi) is 3.92. The molecule has 1 atom stereocenters. The Morgan fingerprint density at radius 1 is 1.05 bits per heavy atom. The molecule has 0 aromatic heterocycles. The number of carboxylic acids is 1. The Morgan fingerprint density at radius 2 is 1.76 bits per heavy atom. The van der Waals surface area contributed by atoms with Gasteiger partial charge in [0, 0.05) is 25.7 Å². The molecule has 1 N–H and O–H groups in total. The third-order valence-corrected chi connectivity index (χ3v) is 4.48. The summed E-state index contributed by atoms with van der Waals surface area (Å²) in [6, 6.07) is 6.92. The second-order valence-electron chi connectivity index (χ2n) is 5.79. The molecule has 1 unspecified atom stereocenters. The van der Waals surface area contributed by atoms with Crippen molar-refractivity contribution in [1.29, 1.82) is 0 Å². The lowest BCUT2D eigenvalue weighted by molar-refractivity contribution is 0.0672. The van der Waals surface area contributed by atoms with E-state index in [4.69, 9.17) is 0 Å². The Labute approximate surface area is 124 Å². The van der Waals surface area contributed by atoms with Crippen LogP contribution >= 0.6 is 0 Å². The summed E-state index contributed by atoms with van der Waals surface area (Å²) in [5.41, 5.74) is 0.395. The molecular formula is C16H20N2O3. The van der Waals surface area contributed by atoms with E-state index in [1.54, 1.807) is 18.2 Å². The van der Waals surface area contributed by atoms with E-state index in [1.807, 2.05) is 4.90 Å². The van der Waals surface area contributed by atoms with E-state index < -0.39 is 5.97 Å². The van der Waals surface area contributed by atoms with Crippen molar-refractivity contribution in [1.82, 2.24) is 9.80 Å². The zero-order valence-electron chi connectivity index (χ0n) is 12.0. The number of aromatic carboxylic acids is 1. The first kappa shape index (κ1) is 14.1. The fraction of sp³-hybridized carbons (Fsp3) is 0.500. The van der Waals surface area contributed by atoms with Gasteiger partial charge in [0.25, 0.3) is 5.91 Å². The number of carbonyl (C=O) groups is 2. The molecule has 0 spiro atoms. The molecule has 2 aliphatic heterocycles. The van der Waals surface area contributed by atoms with Crippen molar-refractivity contribution < 1.29 is 14.7 Å². The standard InChI is InChI=1S/C16H20N2O3/c19-15(13-6-1-2-7-14(13)16(20)21)18-10-4-9-17-8-3-5-12(17)11-18/h1-2,6-7,12H,3-5,8-11H2,(H,20,21). The lowest BCUT2D eigenvalue weighted by atomic mass is 10.1. The van der Waals surface area contributed by atoms with Gasteiger partial charge in [-0.1, -0.05) is 12.1 Å². The lowest BCUT2D eigenvalue weighted by Crippen LogP contribution is -2.40. The summed E-state index contributed by atoms with van der Waals surface area (Å²) in [6.07, 6.45) is 3.28. The molecule has 0 saturated carbocycles. The fourth-order valence-corrected chi connectivity index (χ4v) is 3.42. The average molecular weight is 288 g/mol. The minimum Gasteiger partial charge on any atom is -0.478 e. The Balaban J connectivity index is 1.83. The van der Waals surface area contributed by atoms with Gasteiger partial charge in [0.1, 0.15) is 0 Å². The summed E-state index contributed by atoms with van der Waals surface area (Å²) in [5.74, 6) is -1.20. The van der Waals surface area contributed by atoms with E-state index >= 15 is 0 Å². The summed E-state index contributed by atoms with van der Waals surface area (Å²) in [4.78, 5) is 28.3. The van der Waals surface area contributed by atoms with E-state index in [9.17, 15) is 14.7 Å². The van der Waals surface area contributed by atoms with Gasteiger partial charge in [-0.05, 0) is 37.9 Å². The second kappa shape index (κ2) is 5.85. The largest absolute Gasteiger partial charge is 0.478 e. The number of rotatable bonds is 2. The van der Waals surface area contributed by atoms with Gasteiger partial charge in [-0.15, -0.1) is 0 Å². The highest BCUT2D eigenvalue weighted by molar-refractivity contribution is 6.04. The zero-order valence-corrected chi connectivity index (χ0v) is 12.0. The third-order valence-electron chi connectivity index (χ3n) is 4.48. The molecule has 1 aromatic rings. The first-order chi connectivity index (χ1) is 10.2. The maximum absolute atomic E-state index is 12.7. The fourth-order valence-electron chi connectivity index (χ4n) is 3.42. The molecule has 0 radical (unpaired) electrons. The van der Waals surface area contributed by atoms with Crippen LogP contribution in [0.5, 0.6) is 0 Å². The molecule has 2 heterocycles. The number of fused-ring (bicyclic) bond motifs is 1. The highest BCUT2D eigenvalue weighted by Crippen LogP contribution is 2.23. The van der Waals surface area contributed by atoms with E-state index in [0.29, 0.717) is 24.7 Å². The van der Waals surface area contributed by atoms with Crippen molar-refractivity contribution in [3.63, 3.8) is 0 Å². The van der Waals surface area contributed by atoms with Crippen LogP contribution in [-0.2, 0) is 0 Å². The van der Waals surface area contributed by atoms with Gasteiger partial charge in [0.15, 0.2) is 0 Å². The number of nitrogens with zero attached hydrogens (tertiary/aromatic N) is 2. The topological polar surface area (TPSA) is 60.9 Å². The first-order valence-corrected chi connectivity index (χ1v) is 7.52. The number of hydrogen-bond donors (Lipinski definition) is 1. The minimum atomic E-state index is -1.05. The SMILES string of the molecule is O=C(O)c1ccccc1C(=O)N1CCCN2CCCC2C1. The molecule has 2 aliphatic rings. The maximum Gasteiger partial charge on any atom is 0.336 e. The Morgan fingerprint density at radius 3 is 2.52 bits per heavy atom. The van der Waals surface area contributed by atoms with Crippen LogP contribution < -0.4 is 0 Å². The summed E-state index contributed by atoms with van der Waals surface area (Å²) >= 11 is 0. The number of hydrogen-bond acceptors (Lipinski definition) is 3. The molecule has 0 bridgehead atoms. The lowest BCUT2D eigenvalue weighted by Gasteiger charge is -2.26. The van der Waals surface area contributed by atoms with Gasteiger partial charge in [-0.2, -0.15) is 0 Å². The van der Waals surface area contributed by atoms with Crippen LogP contribution in [0.1, 0.15) is 40.0 Å². The van der Waals surface area contributed by atoms with Gasteiger partial charge >= 0.3 is 5.97 Å². The van der Waals surface area contributed by atoms with Gasteiger partial charge in [0.2, 0.25) is 0 Å². The second-order valence-corrected chi connectivity index (χ2v) is 5.79. The van der Waals surface area contributed by atoms with Crippen LogP contribution in [0.3, 0.4) is 0 Å². The Hall–Kier alpha value is -1.88. The van der Waals surface area contributed by atoms with Crippen molar-refractivity contribution in [2.24, 2.45) is 0 Å². The molecule has 112 valence electrons. The molecule has 3 rings (SSSR count). The average Bonchev–Trinajstić information content (AvgIpc) is 2.83. The third kappa shape index (κ3) is 2.78. The normalized spacial score (nSPS) is 22.7. The number of amides is 1. The zero-order chi connectivity index (χ0) is 14.8. The van der Waals surface area contributed by atoms with Crippen molar-refractivity contribution in [3.8, 4) is 0 Å². The van der Waals surface area contributed by atoms with Gasteiger partial charge in [0.05, 0.1) is 11.1 Å². The van der Waals surface area contributed by atoms with E-state index in [-0.39, 0.29) is 11.5 Å². The van der Waals surface area contributed by atoms with Crippen LogP contribution in [0.4, 0.5) is 0 Å². The van der Waals surface area contributed by atoms with Crippen molar-refractivity contribution in [2.45, 2.75) is 25.3 Å². The molecule has 21 heavy (non-hydrogen) atoms. The van der Waals surface area contributed by atoms with Crippen molar-refractivity contribution in [3.05, 3.63) is 35.4 Å². The highest BCUT2D eigenvalue weighted by atomic mass is 16.4. The summed E-state index contributed by atoms with van der Waals surface area (Å²) < 4.78 is 0. The number of carbonyl (C=O) groups excluding carboxylic acids is 1. The first-order valence-electron chi connectivity index (χ1n) is 7.52. The smallest absolute Gasteiger partial charge is 0.336 e. The molecule has 1 amide bonds. The van der Waals surface area contributed by atoms with Crippen molar-refractivity contribution >= 4 is 11.9 Å². The van der Waals surface area contributed by atoms with Gasteiger partial charge in [-0.25, -0.2) is 4.79 Å². The quantitative estimate of drug-likeness (QED) is 0.899. The predicted octanol–water partition coefficient (Wildman–Crippen LogP) is 1.70. The number of carboxylic acid groups (broad SMARTS) is 1. The number of benzene rings is 1. The van der Waals surface area contributed by atoms with Crippen LogP contribution in [0.2, 0.25) is 0 Å². The van der Waals surface area contributed by atoms with E-state index in [1.165, 1.54) is 12.5 Å². The molecule has 5 heteroatoms. The van der Waals surface area contributed by atoms with Crippen LogP contribution in [0, 0.1) is 0 Å². The van der Waals surface area contributed by atoms with Crippen LogP contribution in [-0.4, -0.2) is 59.0 Å². The highest BCUT2D eigenvalue weighted by Gasteiger charge is 2.31. The van der Waals surface area contributed by atoms with Gasteiger partial charge in [-0.3, -0.25) is 9.69 Å². The molecular weight excluding hydrogens is 268 g/mol. The summed E-state index contributed by atoms with van der Waals surface area (Å²) in [7, 11) is 0. The van der Waals surface area contributed by atoms with E-state index in [2.05, 4.69) is 4.90 Å². The van der Waals surface area contributed by atoms with Crippen molar-refractivity contribution in [2.75, 3.05) is 26.2 Å². The Bertz CT molecular complexity index is 558. The molecule has 0 aliphatic carbocycles. The van der Waals surface area contributed by atoms with Crippen LogP contribution in [0.25, 0.3) is 0 Å². The monoisotopic (exact) mass is 288 g/mol. The summed E-state index contributed by atoms with van der Waals surface area (Å²) in [5, 5.41) is 9.24.